The van der Waals surface area contributed by atoms with E-state index in [4.69, 9.17) is 42.6 Å². The number of hydrogen-bond donors (Lipinski definition) is 2. The van der Waals surface area contributed by atoms with Gasteiger partial charge in [0.05, 0.1) is 47.5 Å². The number of aryl methyl sites for hydroxylation is 8. The number of hydrogen-bond acceptors (Lipinski definition) is 13. The predicted molar refractivity (Wildman–Crippen MR) is 392 cm³/mol. The molecule has 532 valence electrons. The summed E-state index contributed by atoms with van der Waals surface area (Å²) in [6.45, 7) is 11.1. The Balaban J connectivity index is 0.000000162. The van der Waals surface area contributed by atoms with Crippen molar-refractivity contribution in [1.29, 1.82) is 0 Å². The van der Waals surface area contributed by atoms with Crippen molar-refractivity contribution < 1.29 is 33.8 Å². The molecule has 8 aromatic rings. The molecular weight excluding hydrogens is 1310 g/mol. The number of aliphatic carboxylic acids is 1. The van der Waals surface area contributed by atoms with Gasteiger partial charge in [-0.25, -0.2) is 24.4 Å². The van der Waals surface area contributed by atoms with Crippen molar-refractivity contribution in [1.82, 2.24) is 58.9 Å². The molecule has 6 aliphatic rings. The van der Waals surface area contributed by atoms with Crippen LogP contribution in [0.2, 0.25) is 10.0 Å². The minimum atomic E-state index is -1.02. The van der Waals surface area contributed by atoms with Gasteiger partial charge in [0.2, 0.25) is 5.91 Å². The van der Waals surface area contributed by atoms with E-state index in [1.54, 1.807) is 11.1 Å². The highest BCUT2D eigenvalue weighted by atomic mass is 35.5. The second-order valence-electron chi connectivity index (χ2n) is 27.7. The quantitative estimate of drug-likeness (QED) is 0.0770. The molecule has 4 aromatic heterocycles. The van der Waals surface area contributed by atoms with E-state index in [1.807, 2.05) is 104 Å². The number of carboxylic acid groups (broad SMARTS) is 1. The van der Waals surface area contributed by atoms with E-state index in [2.05, 4.69) is 101 Å². The molecule has 4 aliphatic carbocycles. The molecule has 2 N–H and O–H groups in total. The molecule has 4 aromatic carbocycles. The summed E-state index contributed by atoms with van der Waals surface area (Å²) in [7, 11) is 0. The minimum absolute atomic E-state index is 0.0628. The number of nitrogens with zero attached hydrogens (tertiary/aromatic N) is 11. The molecule has 2 aliphatic heterocycles. The van der Waals surface area contributed by atoms with Crippen LogP contribution in [0.1, 0.15) is 156 Å². The predicted octanol–water partition coefficient (Wildman–Crippen LogP) is 13.8. The van der Waals surface area contributed by atoms with Gasteiger partial charge in [0.15, 0.2) is 0 Å². The molecular formula is C80H96Cl2N12O7. The van der Waals surface area contributed by atoms with E-state index in [-0.39, 0.29) is 42.8 Å². The van der Waals surface area contributed by atoms with Crippen molar-refractivity contribution in [3.63, 3.8) is 0 Å². The lowest BCUT2D eigenvalue weighted by molar-refractivity contribution is -0.145. The number of ether oxygens (including phenoxy) is 2. The molecule has 6 heterocycles. The molecule has 19 nitrogen and oxygen atoms in total. The fourth-order valence-electron chi connectivity index (χ4n) is 15.4. The van der Waals surface area contributed by atoms with Crippen LogP contribution in [0.4, 0.5) is 9.59 Å². The van der Waals surface area contributed by atoms with E-state index in [9.17, 15) is 24.3 Å². The highest BCUT2D eigenvalue weighted by Gasteiger charge is 2.44. The summed E-state index contributed by atoms with van der Waals surface area (Å²) in [4.78, 5) is 82.0. The minimum Gasteiger partial charge on any atom is -0.480 e. The van der Waals surface area contributed by atoms with Crippen LogP contribution in [-0.2, 0) is 70.9 Å². The molecule has 4 atom stereocenters. The average Bonchev–Trinajstić information content (AvgIpc) is 1.76. The van der Waals surface area contributed by atoms with Crippen molar-refractivity contribution in [2.24, 2.45) is 0 Å². The van der Waals surface area contributed by atoms with Crippen molar-refractivity contribution in [3.05, 3.63) is 236 Å². The molecule has 21 heteroatoms. The highest BCUT2D eigenvalue weighted by molar-refractivity contribution is 6.31. The number of benzene rings is 4. The summed E-state index contributed by atoms with van der Waals surface area (Å²) >= 11 is 12.8. The van der Waals surface area contributed by atoms with Crippen molar-refractivity contribution >= 4 is 47.3 Å². The number of halogens is 2. The van der Waals surface area contributed by atoms with Crippen molar-refractivity contribution in [2.45, 2.75) is 179 Å². The van der Waals surface area contributed by atoms with Crippen LogP contribution in [0.3, 0.4) is 0 Å². The molecule has 0 bridgehead atoms. The zero-order chi connectivity index (χ0) is 70.0. The number of imidazole rings is 2. The smallest absolute Gasteiger partial charge is 0.410 e. The average molecular weight is 1410 g/mol. The van der Waals surface area contributed by atoms with Gasteiger partial charge in [-0.15, -0.1) is 0 Å². The number of piperazine rings is 2. The van der Waals surface area contributed by atoms with Gasteiger partial charge in [0, 0.05) is 107 Å². The Labute approximate surface area is 604 Å². The normalized spacial score (nSPS) is 19.4. The van der Waals surface area contributed by atoms with Crippen LogP contribution >= 0.6 is 23.2 Å². The third-order valence-corrected chi connectivity index (χ3v) is 21.0. The van der Waals surface area contributed by atoms with Gasteiger partial charge < -0.3 is 33.9 Å². The summed E-state index contributed by atoms with van der Waals surface area (Å²) in [5, 5.41) is 14.9. The first-order valence-electron chi connectivity index (χ1n) is 36.4. The lowest BCUT2D eigenvalue weighted by Gasteiger charge is -2.45. The Morgan fingerprint density at radius 2 is 1.02 bits per heavy atom. The van der Waals surface area contributed by atoms with Crippen LogP contribution in [0, 0.1) is 13.8 Å². The summed E-state index contributed by atoms with van der Waals surface area (Å²) in [6.07, 6.45) is 25.7. The standard InChI is InChI=1S/C40H47ClN6O3.C26H30ClN3O4.C14H19N3/c1-29-25-44(28-43-29)20-9-21-46(26-30-10-4-2-5-11-30)39(48)36-27-45(22-23-47(36)40(49)50-34-13-6-3-7-14-34)38-35-18-17-33(41)24-32(35)16-15-31-12-8-19-42-37(31)38;27-19-10-11-21-18(15-19)9-8-17-5-4-12-28-23(17)24(21)29-13-14-30(22(16-29)25(31)32)26(33)34-20-6-2-1-3-7-20;1-13-11-17(12-16-13)9-5-8-15-10-14-6-3-2-4-7-14/h2,4-5,8,10-12,17-19,24-25,28,34,36,38H,3,6-7,9,13-16,20-23,26-27H2,1H3;4-5,10-12,15,20,22,24H,1-3,6-9,13-14,16H2,(H,31,32);2-4,6-7,11-12,15H,5,8-10H2,1H3/t36-,38+;22-,24+;/m11./s1. The first-order valence-corrected chi connectivity index (χ1v) is 37.2. The van der Waals surface area contributed by atoms with Gasteiger partial charge in [-0.2, -0.15) is 0 Å². The number of fused-ring (bicyclic) bond motifs is 4. The molecule has 2 saturated heterocycles. The second-order valence-corrected chi connectivity index (χ2v) is 28.6. The van der Waals surface area contributed by atoms with E-state index in [0.29, 0.717) is 55.9 Å². The second kappa shape index (κ2) is 35.4. The van der Waals surface area contributed by atoms with Crippen LogP contribution < -0.4 is 5.32 Å². The lowest BCUT2D eigenvalue weighted by Crippen LogP contribution is -2.62. The largest absolute Gasteiger partial charge is 0.480 e. The molecule has 2 saturated carbocycles. The molecule has 0 spiro atoms. The zero-order valence-corrected chi connectivity index (χ0v) is 59.9. The van der Waals surface area contributed by atoms with Crippen LogP contribution in [-0.4, -0.2) is 159 Å². The molecule has 14 rings (SSSR count). The zero-order valence-electron chi connectivity index (χ0n) is 58.3. The van der Waals surface area contributed by atoms with Gasteiger partial charge in [-0.3, -0.25) is 34.4 Å². The first-order chi connectivity index (χ1) is 49.3. The number of nitrogens with one attached hydrogen (secondary N) is 1. The SMILES string of the molecule is Cc1cn(CCCN(Cc2ccccc2)C(=O)[C@H]2CN([C@H]3c4ccc(Cl)cc4CCc4cccnc43)CCN2C(=O)OC2CCCCC2)cn1.Cc1cn(CCCNCc2ccccc2)cn1.O=C(O)[C@H]1CN([C@H]2c3ccc(Cl)cc3CCc3cccnc32)CCN1C(=O)OC1CCCCC1. The summed E-state index contributed by atoms with van der Waals surface area (Å²) in [5.41, 5.74) is 13.4. The van der Waals surface area contributed by atoms with Gasteiger partial charge in [0.1, 0.15) is 24.3 Å². The molecule has 3 amide bonds. The lowest BCUT2D eigenvalue weighted by atomic mass is 9.95. The Morgan fingerprint density at radius 3 is 1.51 bits per heavy atom. The number of rotatable bonds is 18. The number of aromatic nitrogens is 6. The summed E-state index contributed by atoms with van der Waals surface area (Å²) in [6, 6.07) is 38.8. The number of carboxylic acids is 1. The van der Waals surface area contributed by atoms with Crippen LogP contribution in [0.15, 0.2) is 159 Å². The maximum absolute atomic E-state index is 15.0. The number of amides is 3. The molecule has 101 heavy (non-hydrogen) atoms. The fraction of sp³-hybridized carbons (Fsp3) is 0.450. The van der Waals surface area contributed by atoms with Gasteiger partial charge in [-0.05, 0) is 191 Å². The Morgan fingerprint density at radius 1 is 0.545 bits per heavy atom. The first kappa shape index (κ1) is 72.3. The van der Waals surface area contributed by atoms with Crippen molar-refractivity contribution in [3.8, 4) is 0 Å². The third kappa shape index (κ3) is 19.2. The summed E-state index contributed by atoms with van der Waals surface area (Å²) < 4.78 is 16.1. The van der Waals surface area contributed by atoms with E-state index in [0.717, 1.165) is 173 Å². The number of carbonyl (C=O) groups excluding carboxylic acids is 3. The summed E-state index contributed by atoms with van der Waals surface area (Å²) in [5.74, 6) is -1.08. The molecule has 0 unspecified atom stereocenters. The van der Waals surface area contributed by atoms with Gasteiger partial charge in [-0.1, -0.05) is 121 Å². The van der Waals surface area contributed by atoms with E-state index >= 15 is 0 Å². The third-order valence-electron chi connectivity index (χ3n) is 20.6. The number of carbonyl (C=O) groups is 4. The topological polar surface area (TPSA) is 197 Å². The van der Waals surface area contributed by atoms with Crippen molar-refractivity contribution in [2.75, 3.05) is 52.4 Å². The highest BCUT2D eigenvalue weighted by Crippen LogP contribution is 2.41. The Hall–Kier alpha value is -8.46. The van der Waals surface area contributed by atoms with E-state index in [1.165, 1.54) is 28.0 Å². The molecule has 4 fully saturated rings. The Kier molecular flexibility index (Phi) is 25.4. The maximum atomic E-state index is 15.0. The fourth-order valence-corrected chi connectivity index (χ4v) is 15.7. The van der Waals surface area contributed by atoms with Crippen LogP contribution in [0.5, 0.6) is 0 Å². The number of pyridine rings is 2. The Bertz CT molecular complexity index is 4030. The van der Waals surface area contributed by atoms with Crippen LogP contribution in [0.25, 0.3) is 0 Å². The monoisotopic (exact) mass is 1410 g/mol. The van der Waals surface area contributed by atoms with E-state index < -0.39 is 24.1 Å². The van der Waals surface area contributed by atoms with Gasteiger partial charge >= 0.3 is 18.2 Å². The maximum Gasteiger partial charge on any atom is 0.410 e. The molecule has 0 radical (unpaired) electrons. The van der Waals surface area contributed by atoms with Gasteiger partial charge in [0.25, 0.3) is 0 Å².